The number of thioether (sulfide) groups is 1. The molecular weight excluding hydrogens is 364 g/mol. The second-order valence-electron chi connectivity index (χ2n) is 4.82. The highest BCUT2D eigenvalue weighted by Gasteiger charge is 2.28. The van der Waals surface area contributed by atoms with Gasteiger partial charge in [0, 0.05) is 15.8 Å². The molecule has 1 atom stereocenters. The van der Waals surface area contributed by atoms with Gasteiger partial charge in [-0.05, 0) is 40.2 Å². The number of benzene rings is 2. The summed E-state index contributed by atoms with van der Waals surface area (Å²) in [5.74, 6) is -0.315. The molecule has 0 radical (unpaired) electrons. The molecule has 2 aromatic carbocycles. The molecule has 2 N–H and O–H groups in total. The second kappa shape index (κ2) is 6.54. The number of anilines is 2. The normalized spacial score (nSPS) is 16.6. The van der Waals surface area contributed by atoms with Gasteiger partial charge in [0.05, 0.1) is 16.6 Å². The van der Waals surface area contributed by atoms with Crippen LogP contribution in [0.5, 0.6) is 0 Å². The van der Waals surface area contributed by atoms with E-state index in [9.17, 15) is 9.59 Å². The lowest BCUT2D eigenvalue weighted by Gasteiger charge is -2.23. The van der Waals surface area contributed by atoms with Crippen LogP contribution in [-0.4, -0.2) is 17.1 Å². The molecule has 1 heterocycles. The van der Waals surface area contributed by atoms with Gasteiger partial charge in [-0.1, -0.05) is 24.3 Å². The number of rotatable bonds is 3. The smallest absolute Gasteiger partial charge is 0.238 e. The fourth-order valence-corrected chi connectivity index (χ4v) is 3.65. The Morgan fingerprint density at radius 3 is 2.73 bits per heavy atom. The lowest BCUT2D eigenvalue weighted by Crippen LogP contribution is -2.32. The van der Waals surface area contributed by atoms with Gasteiger partial charge in [0.1, 0.15) is 0 Å². The first-order valence-electron chi connectivity index (χ1n) is 6.74. The predicted octanol–water partition coefficient (Wildman–Crippen LogP) is 3.89. The summed E-state index contributed by atoms with van der Waals surface area (Å²) in [4.78, 5) is 25.2. The average Bonchev–Trinajstić information content (AvgIpc) is 2.50. The van der Waals surface area contributed by atoms with Crippen molar-refractivity contribution in [3.8, 4) is 0 Å². The summed E-state index contributed by atoms with van der Waals surface area (Å²) in [5, 5.41) is 5.25. The Balaban J connectivity index is 1.67. The molecule has 0 fully saturated rings. The molecule has 22 heavy (non-hydrogen) atoms. The van der Waals surface area contributed by atoms with E-state index >= 15 is 0 Å². The van der Waals surface area contributed by atoms with E-state index in [-0.39, 0.29) is 18.2 Å². The molecule has 2 aromatic rings. The Morgan fingerprint density at radius 1 is 1.18 bits per heavy atom. The van der Waals surface area contributed by atoms with Crippen molar-refractivity contribution in [3.05, 3.63) is 53.0 Å². The lowest BCUT2D eigenvalue weighted by molar-refractivity contribution is -0.120. The monoisotopic (exact) mass is 376 g/mol. The first-order chi connectivity index (χ1) is 10.6. The summed E-state index contributed by atoms with van der Waals surface area (Å²) in [7, 11) is 0. The molecule has 112 valence electrons. The molecule has 0 saturated heterocycles. The number of halogens is 1. The quantitative estimate of drug-likeness (QED) is 0.853. The molecule has 0 aromatic heterocycles. The minimum absolute atomic E-state index is 0.131. The van der Waals surface area contributed by atoms with E-state index in [1.807, 2.05) is 48.5 Å². The zero-order chi connectivity index (χ0) is 15.5. The molecule has 3 rings (SSSR count). The Labute approximate surface area is 140 Å². The van der Waals surface area contributed by atoms with Crippen LogP contribution in [0.3, 0.4) is 0 Å². The summed E-state index contributed by atoms with van der Waals surface area (Å²) >= 11 is 4.81. The molecule has 4 nitrogen and oxygen atoms in total. The number of hydrogen-bond acceptors (Lipinski definition) is 3. The van der Waals surface area contributed by atoms with Gasteiger partial charge in [0.2, 0.25) is 11.8 Å². The van der Waals surface area contributed by atoms with Crippen molar-refractivity contribution in [3.63, 3.8) is 0 Å². The van der Waals surface area contributed by atoms with Crippen LogP contribution in [0.25, 0.3) is 0 Å². The topological polar surface area (TPSA) is 58.2 Å². The van der Waals surface area contributed by atoms with Crippen LogP contribution in [-0.2, 0) is 9.59 Å². The van der Waals surface area contributed by atoms with E-state index < -0.39 is 5.25 Å². The molecular formula is C16H13BrN2O2S. The second-order valence-corrected chi connectivity index (χ2v) is 6.92. The third-order valence-electron chi connectivity index (χ3n) is 3.23. The van der Waals surface area contributed by atoms with Gasteiger partial charge in [-0.2, -0.15) is 0 Å². The number of para-hydroxylation sites is 2. The Hall–Kier alpha value is -1.79. The van der Waals surface area contributed by atoms with Crippen molar-refractivity contribution >= 4 is 50.9 Å². The zero-order valence-electron chi connectivity index (χ0n) is 11.5. The summed E-state index contributed by atoms with van der Waals surface area (Å²) in [6.45, 7) is 0. The predicted molar refractivity (Wildman–Crippen MR) is 92.1 cm³/mol. The molecule has 0 bridgehead atoms. The van der Waals surface area contributed by atoms with E-state index in [1.54, 1.807) is 0 Å². The number of carbonyl (C=O) groups excluding carboxylic acids is 2. The van der Waals surface area contributed by atoms with Crippen LogP contribution in [0.4, 0.5) is 11.4 Å². The van der Waals surface area contributed by atoms with Crippen molar-refractivity contribution < 1.29 is 9.59 Å². The molecule has 2 amide bonds. The Kier molecular flexibility index (Phi) is 4.49. The number of hydrogen-bond donors (Lipinski definition) is 2. The zero-order valence-corrected chi connectivity index (χ0v) is 13.9. The first-order valence-corrected chi connectivity index (χ1v) is 8.41. The number of nitrogens with one attached hydrogen (secondary N) is 2. The van der Waals surface area contributed by atoms with Crippen molar-refractivity contribution in [2.24, 2.45) is 0 Å². The SMILES string of the molecule is O=C(CC1Sc2ccccc2NC1=O)Nc1ccccc1Br. The molecule has 0 spiro atoms. The number of amides is 2. The summed E-state index contributed by atoms with van der Waals surface area (Å²) in [6, 6.07) is 15.0. The minimum atomic E-state index is -0.419. The van der Waals surface area contributed by atoms with Gasteiger partial charge >= 0.3 is 0 Å². The highest BCUT2D eigenvalue weighted by molar-refractivity contribution is 9.10. The van der Waals surface area contributed by atoms with E-state index in [2.05, 4.69) is 26.6 Å². The van der Waals surface area contributed by atoms with E-state index in [0.29, 0.717) is 5.69 Å². The molecule has 6 heteroatoms. The van der Waals surface area contributed by atoms with E-state index in [4.69, 9.17) is 0 Å². The standard InChI is InChI=1S/C16H13BrN2O2S/c17-10-5-1-2-6-11(10)18-15(20)9-14-16(21)19-12-7-3-4-8-13(12)22-14/h1-8,14H,9H2,(H,18,20)(H,19,21). The lowest BCUT2D eigenvalue weighted by atomic mass is 10.2. The van der Waals surface area contributed by atoms with Gasteiger partial charge in [-0.25, -0.2) is 0 Å². The van der Waals surface area contributed by atoms with E-state index in [0.717, 1.165) is 15.1 Å². The average molecular weight is 377 g/mol. The number of carbonyl (C=O) groups is 2. The highest BCUT2D eigenvalue weighted by atomic mass is 79.9. The molecule has 0 saturated carbocycles. The maximum atomic E-state index is 12.2. The van der Waals surface area contributed by atoms with Gasteiger partial charge in [-0.3, -0.25) is 9.59 Å². The van der Waals surface area contributed by atoms with Crippen LogP contribution >= 0.6 is 27.7 Å². The van der Waals surface area contributed by atoms with Gasteiger partial charge < -0.3 is 10.6 Å². The highest BCUT2D eigenvalue weighted by Crippen LogP contribution is 2.36. The third kappa shape index (κ3) is 3.34. The maximum Gasteiger partial charge on any atom is 0.238 e. The van der Waals surface area contributed by atoms with Gasteiger partial charge in [0.25, 0.3) is 0 Å². The fourth-order valence-electron chi connectivity index (χ4n) is 2.16. The van der Waals surface area contributed by atoms with Crippen LogP contribution in [0.15, 0.2) is 57.9 Å². The van der Waals surface area contributed by atoms with Gasteiger partial charge in [0.15, 0.2) is 0 Å². The maximum absolute atomic E-state index is 12.2. The molecule has 1 aliphatic rings. The van der Waals surface area contributed by atoms with Crippen molar-refractivity contribution in [1.82, 2.24) is 0 Å². The first kappa shape index (κ1) is 15.1. The summed E-state index contributed by atoms with van der Waals surface area (Å²) < 4.78 is 0.814. The van der Waals surface area contributed by atoms with Crippen LogP contribution < -0.4 is 10.6 Å². The van der Waals surface area contributed by atoms with Crippen LogP contribution in [0.1, 0.15) is 6.42 Å². The third-order valence-corrected chi connectivity index (χ3v) is 5.19. The van der Waals surface area contributed by atoms with E-state index in [1.165, 1.54) is 11.8 Å². The van der Waals surface area contributed by atoms with Crippen LogP contribution in [0, 0.1) is 0 Å². The van der Waals surface area contributed by atoms with Crippen molar-refractivity contribution in [2.75, 3.05) is 10.6 Å². The summed E-state index contributed by atoms with van der Waals surface area (Å²) in [5.41, 5.74) is 1.51. The molecule has 1 unspecified atom stereocenters. The molecule has 1 aliphatic heterocycles. The summed E-state index contributed by atoms with van der Waals surface area (Å²) in [6.07, 6.45) is 0.131. The van der Waals surface area contributed by atoms with Gasteiger partial charge in [-0.15, -0.1) is 11.8 Å². The van der Waals surface area contributed by atoms with Crippen molar-refractivity contribution in [1.29, 1.82) is 0 Å². The fraction of sp³-hybridized carbons (Fsp3) is 0.125. The van der Waals surface area contributed by atoms with Crippen LogP contribution in [0.2, 0.25) is 0 Å². The number of fused-ring (bicyclic) bond motifs is 1. The Bertz CT molecular complexity index is 736. The van der Waals surface area contributed by atoms with Crippen molar-refractivity contribution in [2.45, 2.75) is 16.6 Å². The Morgan fingerprint density at radius 2 is 1.91 bits per heavy atom. The minimum Gasteiger partial charge on any atom is -0.325 e. The largest absolute Gasteiger partial charge is 0.325 e. The molecule has 0 aliphatic carbocycles.